The zero-order valence-electron chi connectivity index (χ0n) is 12.5. The van der Waals surface area contributed by atoms with Crippen LogP contribution < -0.4 is 15.8 Å². The van der Waals surface area contributed by atoms with Crippen LogP contribution in [0.1, 0.15) is 27.7 Å². The Morgan fingerprint density at radius 3 is 2.05 bits per heavy atom. The molecule has 1 aromatic carbocycles. The van der Waals surface area contributed by atoms with Gasteiger partial charge in [-0.15, -0.1) is 12.4 Å². The number of benzene rings is 1. The quantitative estimate of drug-likeness (QED) is 0.758. The van der Waals surface area contributed by atoms with E-state index < -0.39 is 15.6 Å². The van der Waals surface area contributed by atoms with Crippen LogP contribution in [0.5, 0.6) is 0 Å². The standard InChI is InChI=1S/C13H21N3O3S.ClH/c1-9(2)16-20(18,19)11-7-5-10(6-8-11)15-12(17)13(3,4)14;/h5-9,16H,14H2,1-4H3,(H,15,17);1H. The molecular weight excluding hydrogens is 314 g/mol. The Morgan fingerprint density at radius 1 is 1.19 bits per heavy atom. The Kier molecular flexibility index (Phi) is 6.82. The fourth-order valence-corrected chi connectivity index (χ4v) is 2.64. The van der Waals surface area contributed by atoms with Gasteiger partial charge in [-0.05, 0) is 52.0 Å². The van der Waals surface area contributed by atoms with Crippen molar-refractivity contribution in [3.8, 4) is 0 Å². The van der Waals surface area contributed by atoms with Crippen molar-refractivity contribution in [2.45, 2.75) is 44.2 Å². The number of anilines is 1. The van der Waals surface area contributed by atoms with Gasteiger partial charge in [-0.25, -0.2) is 13.1 Å². The number of hydrogen-bond donors (Lipinski definition) is 3. The van der Waals surface area contributed by atoms with Gasteiger partial charge in [0, 0.05) is 11.7 Å². The van der Waals surface area contributed by atoms with Crippen LogP contribution in [-0.4, -0.2) is 25.9 Å². The zero-order chi connectivity index (χ0) is 15.6. The topological polar surface area (TPSA) is 101 Å². The van der Waals surface area contributed by atoms with Crippen LogP contribution in [0.4, 0.5) is 5.69 Å². The molecule has 0 unspecified atom stereocenters. The van der Waals surface area contributed by atoms with Crippen LogP contribution in [0.2, 0.25) is 0 Å². The summed E-state index contributed by atoms with van der Waals surface area (Å²) in [4.78, 5) is 11.8. The molecule has 0 fully saturated rings. The molecular formula is C13H22ClN3O3S. The van der Waals surface area contributed by atoms with E-state index in [1.807, 2.05) is 0 Å². The number of halogens is 1. The maximum atomic E-state index is 11.9. The van der Waals surface area contributed by atoms with Gasteiger partial charge in [0.05, 0.1) is 10.4 Å². The fraction of sp³-hybridized carbons (Fsp3) is 0.462. The monoisotopic (exact) mass is 335 g/mol. The first-order valence-corrected chi connectivity index (χ1v) is 7.73. The average Bonchev–Trinajstić information content (AvgIpc) is 2.26. The van der Waals surface area contributed by atoms with Gasteiger partial charge < -0.3 is 11.1 Å². The van der Waals surface area contributed by atoms with Gasteiger partial charge in [-0.3, -0.25) is 4.79 Å². The highest BCUT2D eigenvalue weighted by Gasteiger charge is 2.22. The van der Waals surface area contributed by atoms with E-state index in [4.69, 9.17) is 5.73 Å². The minimum Gasteiger partial charge on any atom is -0.325 e. The number of carbonyl (C=O) groups excluding carboxylic acids is 1. The predicted octanol–water partition coefficient (Wildman–Crippen LogP) is 1.47. The lowest BCUT2D eigenvalue weighted by molar-refractivity contribution is -0.120. The summed E-state index contributed by atoms with van der Waals surface area (Å²) in [5.74, 6) is -0.339. The van der Waals surface area contributed by atoms with E-state index in [0.717, 1.165) is 0 Å². The number of nitrogens with two attached hydrogens (primary N) is 1. The lowest BCUT2D eigenvalue weighted by Crippen LogP contribution is -2.45. The molecule has 0 spiro atoms. The van der Waals surface area contributed by atoms with Crippen molar-refractivity contribution in [3.63, 3.8) is 0 Å². The van der Waals surface area contributed by atoms with E-state index in [2.05, 4.69) is 10.0 Å². The van der Waals surface area contributed by atoms with E-state index in [1.165, 1.54) is 24.3 Å². The summed E-state index contributed by atoms with van der Waals surface area (Å²) >= 11 is 0. The molecule has 0 radical (unpaired) electrons. The van der Waals surface area contributed by atoms with Gasteiger partial charge in [-0.2, -0.15) is 0 Å². The summed E-state index contributed by atoms with van der Waals surface area (Å²) in [6.45, 7) is 6.67. The molecule has 1 amide bonds. The number of carbonyl (C=O) groups is 1. The van der Waals surface area contributed by atoms with Gasteiger partial charge in [0.2, 0.25) is 15.9 Å². The summed E-state index contributed by atoms with van der Waals surface area (Å²) < 4.78 is 26.3. The molecule has 6 nitrogen and oxygen atoms in total. The van der Waals surface area contributed by atoms with Crippen molar-refractivity contribution in [3.05, 3.63) is 24.3 Å². The molecule has 21 heavy (non-hydrogen) atoms. The first-order chi connectivity index (χ1) is 9.02. The maximum absolute atomic E-state index is 11.9. The Hall–Kier alpha value is -1.15. The molecule has 0 aliphatic rings. The summed E-state index contributed by atoms with van der Waals surface area (Å²) in [5.41, 5.74) is 5.16. The van der Waals surface area contributed by atoms with Gasteiger partial charge in [0.1, 0.15) is 0 Å². The summed E-state index contributed by atoms with van der Waals surface area (Å²) in [6.07, 6.45) is 0. The molecule has 4 N–H and O–H groups in total. The van der Waals surface area contributed by atoms with E-state index >= 15 is 0 Å². The molecule has 0 saturated heterocycles. The molecule has 1 aromatic rings. The van der Waals surface area contributed by atoms with Crippen molar-refractivity contribution in [2.24, 2.45) is 5.73 Å². The van der Waals surface area contributed by atoms with Gasteiger partial charge in [0.15, 0.2) is 0 Å². The number of nitrogens with one attached hydrogen (secondary N) is 2. The average molecular weight is 336 g/mol. The Morgan fingerprint density at radius 2 is 1.67 bits per heavy atom. The molecule has 0 heterocycles. The third-order valence-electron chi connectivity index (χ3n) is 2.40. The van der Waals surface area contributed by atoms with E-state index in [-0.39, 0.29) is 29.3 Å². The second-order valence-corrected chi connectivity index (χ2v) is 7.19. The molecule has 0 aliphatic carbocycles. The molecule has 8 heteroatoms. The first-order valence-electron chi connectivity index (χ1n) is 6.25. The minimum absolute atomic E-state index is 0. The third-order valence-corrected chi connectivity index (χ3v) is 4.07. The highest BCUT2D eigenvalue weighted by atomic mass is 35.5. The van der Waals surface area contributed by atoms with Crippen LogP contribution in [0, 0.1) is 0 Å². The Balaban J connectivity index is 0.00000400. The van der Waals surface area contributed by atoms with Crippen LogP contribution >= 0.6 is 12.4 Å². The molecule has 120 valence electrons. The summed E-state index contributed by atoms with van der Waals surface area (Å²) in [6, 6.07) is 5.74. The van der Waals surface area contributed by atoms with Gasteiger partial charge >= 0.3 is 0 Å². The second kappa shape index (κ2) is 7.22. The van der Waals surface area contributed by atoms with Crippen molar-refractivity contribution < 1.29 is 13.2 Å². The SMILES string of the molecule is CC(C)NS(=O)(=O)c1ccc(NC(=O)C(C)(C)N)cc1.Cl. The molecule has 1 rings (SSSR count). The van der Waals surface area contributed by atoms with Crippen LogP contribution in [0.25, 0.3) is 0 Å². The van der Waals surface area contributed by atoms with Crippen LogP contribution in [0.3, 0.4) is 0 Å². The molecule has 0 aromatic heterocycles. The van der Waals surface area contributed by atoms with Gasteiger partial charge in [-0.1, -0.05) is 0 Å². The first kappa shape index (κ1) is 19.9. The summed E-state index contributed by atoms with van der Waals surface area (Å²) in [5, 5.41) is 2.62. The second-order valence-electron chi connectivity index (χ2n) is 5.48. The van der Waals surface area contributed by atoms with Crippen molar-refractivity contribution in [2.75, 3.05) is 5.32 Å². The third kappa shape index (κ3) is 6.01. The van der Waals surface area contributed by atoms with E-state index in [0.29, 0.717) is 5.69 Å². The van der Waals surface area contributed by atoms with Crippen molar-refractivity contribution in [1.29, 1.82) is 0 Å². The predicted molar refractivity (Wildman–Crippen MR) is 86.0 cm³/mol. The normalized spacial score (nSPS) is 11.9. The highest BCUT2D eigenvalue weighted by Crippen LogP contribution is 2.15. The smallest absolute Gasteiger partial charge is 0.243 e. The molecule has 0 atom stereocenters. The summed E-state index contributed by atoms with van der Waals surface area (Å²) in [7, 11) is -3.52. The number of amides is 1. The van der Waals surface area contributed by atoms with Crippen molar-refractivity contribution >= 4 is 34.0 Å². The Bertz CT molecular complexity index is 578. The lowest BCUT2D eigenvalue weighted by atomic mass is 10.1. The minimum atomic E-state index is -3.52. The van der Waals surface area contributed by atoms with Gasteiger partial charge in [0.25, 0.3) is 0 Å². The largest absolute Gasteiger partial charge is 0.325 e. The number of rotatable bonds is 5. The number of hydrogen-bond acceptors (Lipinski definition) is 4. The Labute approximate surface area is 132 Å². The van der Waals surface area contributed by atoms with Crippen molar-refractivity contribution in [1.82, 2.24) is 4.72 Å². The van der Waals surface area contributed by atoms with E-state index in [1.54, 1.807) is 27.7 Å². The maximum Gasteiger partial charge on any atom is 0.243 e. The molecule has 0 bridgehead atoms. The van der Waals surface area contributed by atoms with E-state index in [9.17, 15) is 13.2 Å². The molecule has 0 aliphatic heterocycles. The van der Waals surface area contributed by atoms with Crippen LogP contribution in [0.15, 0.2) is 29.2 Å². The number of sulfonamides is 1. The fourth-order valence-electron chi connectivity index (χ4n) is 1.39. The lowest BCUT2D eigenvalue weighted by Gasteiger charge is -2.18. The highest BCUT2D eigenvalue weighted by molar-refractivity contribution is 7.89. The zero-order valence-corrected chi connectivity index (χ0v) is 14.1. The van der Waals surface area contributed by atoms with Crippen LogP contribution in [-0.2, 0) is 14.8 Å². The molecule has 0 saturated carbocycles.